The van der Waals surface area contributed by atoms with Crippen LogP contribution in [-0.2, 0) is 4.74 Å². The highest BCUT2D eigenvalue weighted by atomic mass is 35.5. The van der Waals surface area contributed by atoms with Crippen molar-refractivity contribution in [1.82, 2.24) is 9.88 Å². The van der Waals surface area contributed by atoms with Crippen molar-refractivity contribution in [3.63, 3.8) is 0 Å². The molecule has 3 heterocycles. The fourth-order valence-corrected chi connectivity index (χ4v) is 4.61. The van der Waals surface area contributed by atoms with Crippen LogP contribution in [0.4, 0.5) is 16.2 Å². The first-order valence-corrected chi connectivity index (χ1v) is 11.6. The molecule has 32 heavy (non-hydrogen) atoms. The Kier molecular flexibility index (Phi) is 7.18. The number of rotatable bonds is 6. The zero-order chi connectivity index (χ0) is 22.7. The summed E-state index contributed by atoms with van der Waals surface area (Å²) in [5.41, 5.74) is 2.60. The largest absolute Gasteiger partial charge is 0.494 e. The van der Waals surface area contributed by atoms with E-state index in [1.54, 1.807) is 13.2 Å². The van der Waals surface area contributed by atoms with Gasteiger partial charge >= 0.3 is 6.03 Å². The van der Waals surface area contributed by atoms with Crippen LogP contribution >= 0.6 is 11.6 Å². The van der Waals surface area contributed by atoms with E-state index < -0.39 is 0 Å². The van der Waals surface area contributed by atoms with E-state index in [0.29, 0.717) is 28.5 Å². The van der Waals surface area contributed by atoms with Gasteiger partial charge in [0.1, 0.15) is 16.6 Å². The summed E-state index contributed by atoms with van der Waals surface area (Å²) in [6.07, 6.45) is 3.35. The highest BCUT2D eigenvalue weighted by Gasteiger charge is 2.35. The SMILES string of the molecule is COc1cc(Cl)ncc1NC(=O)N(c1ccccc1C(C)C)C1CCN(C2COC2)CC1. The lowest BCUT2D eigenvalue weighted by Crippen LogP contribution is -2.55. The summed E-state index contributed by atoms with van der Waals surface area (Å²) in [5.74, 6) is 0.774. The first-order chi connectivity index (χ1) is 15.5. The maximum atomic E-state index is 13.7. The third-order valence-corrected chi connectivity index (χ3v) is 6.54. The Morgan fingerprint density at radius 1 is 1.28 bits per heavy atom. The number of urea groups is 1. The predicted molar refractivity (Wildman–Crippen MR) is 127 cm³/mol. The molecule has 0 unspecified atom stereocenters. The number of nitrogens with one attached hydrogen (secondary N) is 1. The first-order valence-electron chi connectivity index (χ1n) is 11.2. The maximum Gasteiger partial charge on any atom is 0.326 e. The molecule has 7 nitrogen and oxygen atoms in total. The molecule has 0 bridgehead atoms. The van der Waals surface area contributed by atoms with Gasteiger partial charge in [-0.25, -0.2) is 9.78 Å². The first kappa shape index (κ1) is 22.8. The summed E-state index contributed by atoms with van der Waals surface area (Å²) in [6.45, 7) is 7.85. The lowest BCUT2D eigenvalue weighted by molar-refractivity contribution is -0.0710. The van der Waals surface area contributed by atoms with Gasteiger partial charge in [-0.15, -0.1) is 0 Å². The topological polar surface area (TPSA) is 66.9 Å². The van der Waals surface area contributed by atoms with Gasteiger partial charge in [-0.05, 0) is 30.4 Å². The van der Waals surface area contributed by atoms with Gasteiger partial charge in [0, 0.05) is 30.9 Å². The number of methoxy groups -OCH3 is 1. The molecule has 172 valence electrons. The Labute approximate surface area is 194 Å². The molecule has 2 aliphatic rings. The molecule has 2 saturated heterocycles. The Hall–Kier alpha value is -2.35. The van der Waals surface area contributed by atoms with Crippen molar-refractivity contribution in [2.45, 2.75) is 44.7 Å². The molecular formula is C24H31ClN4O3. The van der Waals surface area contributed by atoms with Crippen molar-refractivity contribution in [1.29, 1.82) is 0 Å². The molecule has 0 atom stereocenters. The summed E-state index contributed by atoms with van der Waals surface area (Å²) in [5, 5.41) is 3.33. The van der Waals surface area contributed by atoms with E-state index in [-0.39, 0.29) is 12.1 Å². The highest BCUT2D eigenvalue weighted by Crippen LogP contribution is 2.34. The Balaban J connectivity index is 1.61. The quantitative estimate of drug-likeness (QED) is 0.631. The van der Waals surface area contributed by atoms with Crippen LogP contribution in [0.15, 0.2) is 36.5 Å². The van der Waals surface area contributed by atoms with Gasteiger partial charge in [-0.3, -0.25) is 9.80 Å². The minimum Gasteiger partial charge on any atom is -0.494 e. The number of aromatic nitrogens is 1. The summed E-state index contributed by atoms with van der Waals surface area (Å²) in [4.78, 5) is 22.2. The number of halogens is 1. The number of piperidine rings is 1. The smallest absolute Gasteiger partial charge is 0.326 e. The molecule has 1 aromatic heterocycles. The molecule has 2 aliphatic heterocycles. The number of likely N-dealkylation sites (tertiary alicyclic amines) is 1. The fourth-order valence-electron chi connectivity index (χ4n) is 4.46. The van der Waals surface area contributed by atoms with Crippen LogP contribution in [0.5, 0.6) is 5.75 Å². The lowest BCUT2D eigenvalue weighted by atomic mass is 9.96. The molecular weight excluding hydrogens is 428 g/mol. The zero-order valence-electron chi connectivity index (χ0n) is 18.9. The van der Waals surface area contributed by atoms with Gasteiger partial charge in [0.05, 0.1) is 32.6 Å². The van der Waals surface area contributed by atoms with Crippen molar-refractivity contribution in [2.24, 2.45) is 0 Å². The summed E-state index contributed by atoms with van der Waals surface area (Å²) >= 11 is 6.00. The Bertz CT molecular complexity index is 943. The molecule has 1 N–H and O–H groups in total. The number of hydrogen-bond acceptors (Lipinski definition) is 5. The minimum absolute atomic E-state index is 0.0957. The number of amides is 2. The standard InChI is InChI=1S/C24H31ClN4O3/c1-16(2)19-6-4-5-7-21(19)29(17-8-10-28(11-9-17)18-14-32-15-18)24(30)27-20-13-26-23(25)12-22(20)31-3/h4-7,12-13,16-18H,8-11,14-15H2,1-3H3,(H,27,30). The average Bonchev–Trinajstić information content (AvgIpc) is 2.75. The molecule has 0 spiro atoms. The number of hydrogen-bond donors (Lipinski definition) is 1. The second-order valence-corrected chi connectivity index (χ2v) is 9.07. The Morgan fingerprint density at radius 2 is 2.00 bits per heavy atom. The van der Waals surface area contributed by atoms with Gasteiger partial charge in [0.25, 0.3) is 0 Å². The van der Waals surface area contributed by atoms with E-state index in [4.69, 9.17) is 21.1 Å². The van der Waals surface area contributed by atoms with Crippen LogP contribution in [0.1, 0.15) is 38.2 Å². The number of para-hydroxylation sites is 1. The highest BCUT2D eigenvalue weighted by molar-refractivity contribution is 6.29. The molecule has 2 aromatic rings. The van der Waals surface area contributed by atoms with E-state index in [0.717, 1.165) is 50.4 Å². The predicted octanol–water partition coefficient (Wildman–Crippen LogP) is 4.77. The van der Waals surface area contributed by atoms with Crippen LogP contribution in [0.3, 0.4) is 0 Å². The summed E-state index contributed by atoms with van der Waals surface area (Å²) in [6, 6.07) is 10.2. The van der Waals surface area contributed by atoms with Crippen LogP contribution in [0, 0.1) is 0 Å². The number of anilines is 2. The minimum atomic E-state index is -0.189. The summed E-state index contributed by atoms with van der Waals surface area (Å²) in [7, 11) is 1.55. The third-order valence-electron chi connectivity index (χ3n) is 6.33. The van der Waals surface area contributed by atoms with Crippen molar-refractivity contribution in [2.75, 3.05) is 43.6 Å². The second kappa shape index (κ2) is 10.1. The molecule has 2 fully saturated rings. The van der Waals surface area contributed by atoms with Gasteiger partial charge < -0.3 is 14.8 Å². The number of carbonyl (C=O) groups is 1. The van der Waals surface area contributed by atoms with Crippen LogP contribution in [0.2, 0.25) is 5.15 Å². The monoisotopic (exact) mass is 458 g/mol. The van der Waals surface area contributed by atoms with Gasteiger partial charge in [0.15, 0.2) is 0 Å². The second-order valence-electron chi connectivity index (χ2n) is 8.68. The van der Waals surface area contributed by atoms with E-state index in [1.165, 1.54) is 6.20 Å². The van der Waals surface area contributed by atoms with Crippen LogP contribution in [-0.4, -0.2) is 61.4 Å². The zero-order valence-corrected chi connectivity index (χ0v) is 19.6. The molecule has 0 radical (unpaired) electrons. The van der Waals surface area contributed by atoms with Crippen molar-refractivity contribution in [3.05, 3.63) is 47.2 Å². The number of nitrogens with zero attached hydrogens (tertiary/aromatic N) is 3. The number of benzene rings is 1. The molecule has 0 saturated carbocycles. The van der Waals surface area contributed by atoms with E-state index >= 15 is 0 Å². The number of carbonyl (C=O) groups excluding carboxylic acids is 1. The lowest BCUT2D eigenvalue weighted by Gasteiger charge is -2.44. The number of pyridine rings is 1. The molecule has 0 aliphatic carbocycles. The number of ether oxygens (including phenoxy) is 2. The van der Waals surface area contributed by atoms with E-state index in [9.17, 15) is 4.79 Å². The van der Waals surface area contributed by atoms with Gasteiger partial charge in [0.2, 0.25) is 0 Å². The van der Waals surface area contributed by atoms with Gasteiger partial charge in [-0.1, -0.05) is 43.6 Å². The third kappa shape index (κ3) is 4.85. The van der Waals surface area contributed by atoms with Crippen molar-refractivity contribution in [3.8, 4) is 5.75 Å². The molecule has 2 amide bonds. The normalized spacial score (nSPS) is 17.8. The molecule has 8 heteroatoms. The van der Waals surface area contributed by atoms with Gasteiger partial charge in [-0.2, -0.15) is 0 Å². The van der Waals surface area contributed by atoms with Crippen molar-refractivity contribution >= 4 is 29.0 Å². The fraction of sp³-hybridized carbons (Fsp3) is 0.500. The molecule has 1 aromatic carbocycles. The molecule has 4 rings (SSSR count). The average molecular weight is 459 g/mol. The Morgan fingerprint density at radius 3 is 2.62 bits per heavy atom. The maximum absolute atomic E-state index is 13.7. The van der Waals surface area contributed by atoms with E-state index in [1.807, 2.05) is 23.1 Å². The van der Waals surface area contributed by atoms with Crippen LogP contribution in [0.25, 0.3) is 0 Å². The van der Waals surface area contributed by atoms with Crippen molar-refractivity contribution < 1.29 is 14.3 Å². The van der Waals surface area contributed by atoms with E-state index in [2.05, 4.69) is 35.1 Å². The van der Waals surface area contributed by atoms with Crippen LogP contribution < -0.4 is 15.0 Å². The summed E-state index contributed by atoms with van der Waals surface area (Å²) < 4.78 is 10.8.